The van der Waals surface area contributed by atoms with Crippen LogP contribution in [0, 0.1) is 0 Å². The van der Waals surface area contributed by atoms with E-state index in [1.165, 1.54) is 23.9 Å². The molecule has 0 saturated carbocycles. The Bertz CT molecular complexity index is 1200. The van der Waals surface area contributed by atoms with Crippen molar-refractivity contribution in [2.75, 3.05) is 12.4 Å². The van der Waals surface area contributed by atoms with Gasteiger partial charge in [0, 0.05) is 15.7 Å². The van der Waals surface area contributed by atoms with Crippen LogP contribution in [0.3, 0.4) is 0 Å². The van der Waals surface area contributed by atoms with E-state index < -0.39 is 36.5 Å². The minimum absolute atomic E-state index is 0.181. The molecule has 5 atom stereocenters. The lowest BCUT2D eigenvalue weighted by molar-refractivity contribution is -0.218. The van der Waals surface area contributed by atoms with Gasteiger partial charge >= 0.3 is 5.97 Å². The highest BCUT2D eigenvalue weighted by Gasteiger charge is 2.44. The number of aliphatic hydroxyl groups is 3. The highest BCUT2D eigenvalue weighted by Crippen LogP contribution is 2.36. The van der Waals surface area contributed by atoms with Gasteiger partial charge < -0.3 is 29.9 Å². The van der Waals surface area contributed by atoms with E-state index in [4.69, 9.17) is 26.2 Å². The summed E-state index contributed by atoms with van der Waals surface area (Å²) < 4.78 is 11.6. The second-order valence-corrected chi connectivity index (χ2v) is 10.3. The summed E-state index contributed by atoms with van der Waals surface area (Å²) in [5.74, 6) is 0.0760. The van der Waals surface area contributed by atoms with Gasteiger partial charge in [0.15, 0.2) is 0 Å². The number of benzene rings is 3. The molecule has 7 nitrogen and oxygen atoms in total. The Hall–Kier alpha value is -2.59. The molecular weight excluding hydrogens is 516 g/mol. The summed E-state index contributed by atoms with van der Waals surface area (Å²) in [6.07, 6.45) is -5.09. The van der Waals surface area contributed by atoms with Gasteiger partial charge in [-0.2, -0.15) is 0 Å². The summed E-state index contributed by atoms with van der Waals surface area (Å²) >= 11 is 7.84. The molecule has 3 aromatic rings. The Kier molecular flexibility index (Phi) is 9.13. The van der Waals surface area contributed by atoms with Crippen LogP contribution < -0.4 is 4.74 Å². The van der Waals surface area contributed by atoms with Gasteiger partial charge in [-0.15, -0.1) is 11.8 Å². The summed E-state index contributed by atoms with van der Waals surface area (Å²) in [7, 11) is 0. The average molecular weight is 545 g/mol. The maximum atomic E-state index is 11.1. The van der Waals surface area contributed by atoms with E-state index in [0.717, 1.165) is 21.8 Å². The SMILES string of the molecule is CCOc1ccc(Cc2cc(C3OC(CSc4ccc(C(=O)O)cc4)C(O)C(O)C3O)ccc2Cl)cc1. The van der Waals surface area contributed by atoms with E-state index in [1.54, 1.807) is 24.3 Å². The number of hydrogen-bond donors (Lipinski definition) is 4. The van der Waals surface area contributed by atoms with Crippen LogP contribution in [0.1, 0.15) is 40.1 Å². The number of carboxylic acids is 1. The van der Waals surface area contributed by atoms with Crippen LogP contribution in [0.4, 0.5) is 0 Å². The fraction of sp³-hybridized carbons (Fsp3) is 0.321. The molecule has 0 spiro atoms. The molecule has 1 aliphatic heterocycles. The molecule has 4 rings (SSSR count). The van der Waals surface area contributed by atoms with Crippen LogP contribution >= 0.6 is 23.4 Å². The molecule has 0 bridgehead atoms. The quantitative estimate of drug-likeness (QED) is 0.294. The van der Waals surface area contributed by atoms with Crippen LogP contribution in [0.2, 0.25) is 5.02 Å². The number of hydrogen-bond acceptors (Lipinski definition) is 7. The predicted molar refractivity (Wildman–Crippen MR) is 142 cm³/mol. The van der Waals surface area contributed by atoms with E-state index in [2.05, 4.69) is 0 Å². The van der Waals surface area contributed by atoms with E-state index in [9.17, 15) is 20.1 Å². The summed E-state index contributed by atoms with van der Waals surface area (Å²) in [6.45, 7) is 2.52. The smallest absolute Gasteiger partial charge is 0.335 e. The van der Waals surface area contributed by atoms with Crippen molar-refractivity contribution in [2.45, 2.75) is 48.8 Å². The second-order valence-electron chi connectivity index (χ2n) is 8.81. The Morgan fingerprint density at radius 1 is 0.973 bits per heavy atom. The number of carbonyl (C=O) groups is 1. The lowest BCUT2D eigenvalue weighted by Crippen LogP contribution is -2.54. The van der Waals surface area contributed by atoms with E-state index in [1.807, 2.05) is 37.3 Å². The maximum absolute atomic E-state index is 11.1. The zero-order chi connectivity index (χ0) is 26.5. The maximum Gasteiger partial charge on any atom is 0.335 e. The minimum atomic E-state index is -1.40. The molecule has 9 heteroatoms. The third kappa shape index (κ3) is 6.65. The molecular formula is C28H29ClO7S. The van der Waals surface area contributed by atoms with Gasteiger partial charge in [-0.1, -0.05) is 35.9 Å². The van der Waals surface area contributed by atoms with Gasteiger partial charge in [0.1, 0.15) is 30.2 Å². The highest BCUT2D eigenvalue weighted by atomic mass is 35.5. The van der Waals surface area contributed by atoms with Crippen LogP contribution in [0.5, 0.6) is 5.75 Å². The summed E-state index contributed by atoms with van der Waals surface area (Å²) in [5.41, 5.74) is 2.70. The third-order valence-corrected chi connectivity index (χ3v) is 7.72. The van der Waals surface area contributed by atoms with Crippen molar-refractivity contribution in [1.29, 1.82) is 0 Å². The summed E-state index contributed by atoms with van der Waals surface area (Å²) in [4.78, 5) is 11.9. The molecule has 1 fully saturated rings. The van der Waals surface area contributed by atoms with E-state index in [-0.39, 0.29) is 5.56 Å². The van der Waals surface area contributed by atoms with Crippen molar-refractivity contribution >= 4 is 29.3 Å². The third-order valence-electron chi connectivity index (χ3n) is 6.26. The van der Waals surface area contributed by atoms with Crippen LogP contribution in [0.25, 0.3) is 0 Å². The first-order valence-corrected chi connectivity index (χ1v) is 13.3. The summed E-state index contributed by atoms with van der Waals surface area (Å²) in [6, 6.07) is 19.4. The molecule has 1 saturated heterocycles. The number of thioether (sulfide) groups is 1. The first-order chi connectivity index (χ1) is 17.8. The number of rotatable bonds is 9. The van der Waals surface area contributed by atoms with Crippen molar-refractivity contribution in [3.63, 3.8) is 0 Å². The van der Waals surface area contributed by atoms with Crippen LogP contribution in [-0.4, -0.2) is 63.2 Å². The van der Waals surface area contributed by atoms with Crippen molar-refractivity contribution in [1.82, 2.24) is 0 Å². The fourth-order valence-corrected chi connectivity index (χ4v) is 5.38. The van der Waals surface area contributed by atoms with Crippen molar-refractivity contribution in [3.8, 4) is 5.75 Å². The minimum Gasteiger partial charge on any atom is -0.494 e. The molecule has 3 aromatic carbocycles. The molecule has 5 unspecified atom stereocenters. The van der Waals surface area contributed by atoms with Gasteiger partial charge in [0.25, 0.3) is 0 Å². The monoisotopic (exact) mass is 544 g/mol. The lowest BCUT2D eigenvalue weighted by Gasteiger charge is -2.41. The Morgan fingerprint density at radius 3 is 2.32 bits per heavy atom. The Balaban J connectivity index is 1.48. The van der Waals surface area contributed by atoms with Crippen molar-refractivity contribution in [2.24, 2.45) is 0 Å². The Morgan fingerprint density at radius 2 is 1.68 bits per heavy atom. The Labute approximate surface area is 224 Å². The van der Waals surface area contributed by atoms with Gasteiger partial charge in [-0.25, -0.2) is 4.79 Å². The molecule has 0 aromatic heterocycles. The van der Waals surface area contributed by atoms with Crippen LogP contribution in [-0.2, 0) is 11.2 Å². The number of carboxylic acid groups (broad SMARTS) is 1. The average Bonchev–Trinajstić information content (AvgIpc) is 2.90. The van der Waals surface area contributed by atoms with Crippen LogP contribution in [0.15, 0.2) is 71.6 Å². The number of aliphatic hydroxyl groups excluding tert-OH is 3. The second kappa shape index (κ2) is 12.3. The van der Waals surface area contributed by atoms with Gasteiger partial charge in [-0.05, 0) is 72.5 Å². The van der Waals surface area contributed by atoms with Gasteiger partial charge in [-0.3, -0.25) is 0 Å². The molecule has 37 heavy (non-hydrogen) atoms. The van der Waals surface area contributed by atoms with Crippen molar-refractivity contribution < 1.29 is 34.7 Å². The van der Waals surface area contributed by atoms with Crippen molar-refractivity contribution in [3.05, 3.63) is 94.0 Å². The van der Waals surface area contributed by atoms with E-state index >= 15 is 0 Å². The largest absolute Gasteiger partial charge is 0.494 e. The number of aromatic carboxylic acids is 1. The standard InChI is InChI=1S/C28H29ClO7S/c1-2-35-20-8-3-16(4-9-20)13-19-14-18(7-12-22(19)29)27-26(32)25(31)24(30)23(36-27)15-37-21-10-5-17(6-11-21)28(33)34/h3-12,14,23-27,30-32H,2,13,15H2,1H3,(H,33,34). The molecule has 1 aliphatic rings. The van der Waals surface area contributed by atoms with Gasteiger partial charge in [0.05, 0.1) is 18.3 Å². The molecule has 0 radical (unpaired) electrons. The lowest BCUT2D eigenvalue weighted by atomic mass is 9.90. The highest BCUT2D eigenvalue weighted by molar-refractivity contribution is 7.99. The molecule has 196 valence electrons. The van der Waals surface area contributed by atoms with E-state index in [0.29, 0.717) is 29.4 Å². The zero-order valence-corrected chi connectivity index (χ0v) is 21.7. The molecule has 0 aliphatic carbocycles. The number of halogens is 1. The predicted octanol–water partition coefficient (Wildman–Crippen LogP) is 4.34. The number of ether oxygens (including phenoxy) is 2. The van der Waals surface area contributed by atoms with Gasteiger partial charge in [0.2, 0.25) is 0 Å². The fourth-order valence-electron chi connectivity index (χ4n) is 4.23. The zero-order valence-electron chi connectivity index (χ0n) is 20.2. The first kappa shape index (κ1) is 27.4. The normalized spacial score (nSPS) is 23.5. The topological polar surface area (TPSA) is 116 Å². The molecule has 0 amide bonds. The summed E-state index contributed by atoms with van der Waals surface area (Å²) in [5, 5.41) is 41.5. The molecule has 4 N–H and O–H groups in total. The molecule has 1 heterocycles. The first-order valence-electron chi connectivity index (χ1n) is 11.9.